The summed E-state index contributed by atoms with van der Waals surface area (Å²) in [5.41, 5.74) is 3.37. The van der Waals surface area contributed by atoms with E-state index in [1.54, 1.807) is 0 Å². The molecule has 1 atom stereocenters. The van der Waals surface area contributed by atoms with E-state index in [9.17, 15) is 4.79 Å². The van der Waals surface area contributed by atoms with Gasteiger partial charge < -0.3 is 4.57 Å². The molecule has 0 saturated heterocycles. The molecule has 0 spiro atoms. The highest BCUT2D eigenvalue weighted by atomic mass is 79.9. The molecule has 6 aromatic rings. The van der Waals surface area contributed by atoms with Crippen LogP contribution in [0.2, 0.25) is 0 Å². The van der Waals surface area contributed by atoms with Crippen LogP contribution in [-0.2, 0) is 6.54 Å². The summed E-state index contributed by atoms with van der Waals surface area (Å²) in [7, 11) is 0. The van der Waals surface area contributed by atoms with Crippen molar-refractivity contribution in [3.8, 4) is 0 Å². The maximum atomic E-state index is 12.6. The number of aldehydes is 1. The van der Waals surface area contributed by atoms with Crippen LogP contribution in [0.4, 0.5) is 0 Å². The Bertz CT molecular complexity index is 1880. The van der Waals surface area contributed by atoms with Gasteiger partial charge in [-0.15, -0.1) is 0 Å². The molecule has 5 aromatic carbocycles. The molecule has 0 saturated carbocycles. The number of hydrogen-bond donors (Lipinski definition) is 0. The molecule has 0 aliphatic rings. The zero-order valence-electron chi connectivity index (χ0n) is 29.9. The summed E-state index contributed by atoms with van der Waals surface area (Å²) in [4.78, 5) is 12.6. The predicted molar refractivity (Wildman–Crippen MR) is 215 cm³/mol. The smallest absolute Gasteiger partial charge is 0.150 e. The SMILES string of the molecule is CCCCCCCCCCCCC(CCCCCCCCCC)Cn1c2cc(Br)c3cccc4c5cccc6c(C=O)cc1c(c65)c2c34. The van der Waals surface area contributed by atoms with Crippen molar-refractivity contribution in [1.29, 1.82) is 0 Å². The third-order valence-corrected chi connectivity index (χ3v) is 12.0. The molecule has 0 bridgehead atoms. The molecule has 0 N–H and O–H groups in total. The van der Waals surface area contributed by atoms with Crippen LogP contribution in [-0.4, -0.2) is 10.9 Å². The Morgan fingerprint density at radius 1 is 0.562 bits per heavy atom. The minimum Gasteiger partial charge on any atom is -0.340 e. The predicted octanol–water partition coefficient (Wildman–Crippen LogP) is 15.2. The Balaban J connectivity index is 1.26. The van der Waals surface area contributed by atoms with E-state index in [-0.39, 0.29) is 0 Å². The van der Waals surface area contributed by atoms with Crippen LogP contribution in [0.3, 0.4) is 0 Å². The molecule has 0 aliphatic heterocycles. The van der Waals surface area contributed by atoms with Crippen molar-refractivity contribution in [2.45, 2.75) is 149 Å². The molecular formula is C45H58BrNO. The van der Waals surface area contributed by atoms with Crippen LogP contribution >= 0.6 is 15.9 Å². The van der Waals surface area contributed by atoms with Crippen molar-refractivity contribution in [3.63, 3.8) is 0 Å². The summed E-state index contributed by atoms with van der Waals surface area (Å²) in [6.45, 7) is 5.63. The van der Waals surface area contributed by atoms with E-state index in [0.717, 1.165) is 28.3 Å². The van der Waals surface area contributed by atoms with Crippen LogP contribution in [0.15, 0.2) is 53.0 Å². The molecule has 1 heterocycles. The Kier molecular flexibility index (Phi) is 12.7. The summed E-state index contributed by atoms with van der Waals surface area (Å²) in [5.74, 6) is 0.647. The van der Waals surface area contributed by atoms with Gasteiger partial charge in [0.2, 0.25) is 0 Å². The van der Waals surface area contributed by atoms with Gasteiger partial charge in [0.15, 0.2) is 6.29 Å². The number of rotatable bonds is 23. The number of benzene rings is 5. The van der Waals surface area contributed by atoms with Crippen molar-refractivity contribution in [3.05, 3.63) is 58.6 Å². The quantitative estimate of drug-likeness (QED) is 0.0281. The van der Waals surface area contributed by atoms with E-state index in [1.165, 1.54) is 177 Å². The molecule has 0 fully saturated rings. The molecule has 256 valence electrons. The lowest BCUT2D eigenvalue weighted by Crippen LogP contribution is -2.11. The Hall–Kier alpha value is -2.65. The first kappa shape index (κ1) is 35.2. The number of nitrogens with zero attached hydrogens (tertiary/aromatic N) is 1. The normalized spacial score (nSPS) is 13.0. The minimum atomic E-state index is 0.647. The minimum absolute atomic E-state index is 0.647. The fraction of sp³-hybridized carbons (Fsp3) is 0.533. The molecule has 0 radical (unpaired) electrons. The monoisotopic (exact) mass is 707 g/mol. The van der Waals surface area contributed by atoms with Gasteiger partial charge >= 0.3 is 0 Å². The van der Waals surface area contributed by atoms with E-state index >= 15 is 0 Å². The van der Waals surface area contributed by atoms with Gasteiger partial charge in [-0.3, -0.25) is 4.79 Å². The molecule has 6 rings (SSSR count). The lowest BCUT2D eigenvalue weighted by Gasteiger charge is -2.20. The zero-order valence-corrected chi connectivity index (χ0v) is 31.4. The number of halogens is 1. The lowest BCUT2D eigenvalue weighted by atomic mass is 9.88. The number of aromatic nitrogens is 1. The second-order valence-electron chi connectivity index (χ2n) is 14.9. The number of fused-ring (bicyclic) bond motifs is 1. The van der Waals surface area contributed by atoms with E-state index in [2.05, 4.69) is 82.9 Å². The summed E-state index contributed by atoms with van der Waals surface area (Å²) in [6, 6.07) is 17.8. The van der Waals surface area contributed by atoms with Crippen LogP contribution in [0.5, 0.6) is 0 Å². The molecule has 1 aromatic heterocycles. The summed E-state index contributed by atoms with van der Waals surface area (Å²) in [6.07, 6.45) is 28.5. The number of carbonyl (C=O) groups excluding carboxylic acids is 1. The summed E-state index contributed by atoms with van der Waals surface area (Å²) < 4.78 is 3.78. The number of carbonyl (C=O) groups is 1. The van der Waals surface area contributed by atoms with E-state index in [0.29, 0.717) is 5.92 Å². The molecule has 1 unspecified atom stereocenters. The van der Waals surface area contributed by atoms with Crippen LogP contribution in [0.25, 0.3) is 54.1 Å². The second-order valence-corrected chi connectivity index (χ2v) is 15.8. The van der Waals surface area contributed by atoms with Crippen molar-refractivity contribution < 1.29 is 4.79 Å². The van der Waals surface area contributed by atoms with Gasteiger partial charge in [-0.1, -0.05) is 182 Å². The molecular weight excluding hydrogens is 650 g/mol. The molecule has 0 aliphatic carbocycles. The molecule has 0 amide bonds. The Labute approximate surface area is 297 Å². The first-order valence-electron chi connectivity index (χ1n) is 19.8. The van der Waals surface area contributed by atoms with E-state index < -0.39 is 0 Å². The first-order valence-corrected chi connectivity index (χ1v) is 20.6. The third kappa shape index (κ3) is 7.57. The maximum Gasteiger partial charge on any atom is 0.150 e. The van der Waals surface area contributed by atoms with Gasteiger partial charge in [0.1, 0.15) is 0 Å². The first-order chi connectivity index (χ1) is 23.7. The average Bonchev–Trinajstić information content (AvgIpc) is 3.41. The van der Waals surface area contributed by atoms with Gasteiger partial charge in [0, 0.05) is 38.1 Å². The average molecular weight is 709 g/mol. The standard InChI is InChI=1S/C45H58BrNO/c1-3-5-7-9-11-13-14-16-18-20-24-33(23-19-17-15-12-10-8-6-4-2)31-47-40-29-34(32-48)35-25-21-26-36-37-27-22-28-38-39(46)30-41(47)45(43(37)38)44(40)42(35)36/h21-22,25-30,32-33H,3-20,23-24,31H2,1-2H3. The van der Waals surface area contributed by atoms with Crippen molar-refractivity contribution in [1.82, 2.24) is 4.57 Å². The topological polar surface area (TPSA) is 22.0 Å². The molecule has 48 heavy (non-hydrogen) atoms. The molecule has 3 heteroatoms. The van der Waals surface area contributed by atoms with Gasteiger partial charge in [0.05, 0.1) is 11.0 Å². The maximum absolute atomic E-state index is 12.6. The van der Waals surface area contributed by atoms with E-state index in [4.69, 9.17) is 0 Å². The van der Waals surface area contributed by atoms with Crippen molar-refractivity contribution in [2.24, 2.45) is 5.92 Å². The van der Waals surface area contributed by atoms with Crippen LogP contribution in [0.1, 0.15) is 153 Å². The number of hydrogen-bond acceptors (Lipinski definition) is 1. The Morgan fingerprint density at radius 3 is 1.52 bits per heavy atom. The largest absolute Gasteiger partial charge is 0.340 e. The van der Waals surface area contributed by atoms with Crippen LogP contribution in [0, 0.1) is 5.92 Å². The fourth-order valence-electron chi connectivity index (χ4n) is 8.78. The third-order valence-electron chi connectivity index (χ3n) is 11.4. The summed E-state index contributed by atoms with van der Waals surface area (Å²) in [5, 5.41) is 10.3. The fourth-order valence-corrected chi connectivity index (χ4v) is 9.33. The van der Waals surface area contributed by atoms with Gasteiger partial charge in [-0.25, -0.2) is 0 Å². The van der Waals surface area contributed by atoms with Crippen molar-refractivity contribution in [2.75, 3.05) is 0 Å². The van der Waals surface area contributed by atoms with Gasteiger partial charge in [-0.2, -0.15) is 0 Å². The van der Waals surface area contributed by atoms with E-state index in [1.807, 2.05) is 0 Å². The van der Waals surface area contributed by atoms with Crippen molar-refractivity contribution >= 4 is 76.3 Å². The highest BCUT2D eigenvalue weighted by Gasteiger charge is 2.25. The van der Waals surface area contributed by atoms with Crippen LogP contribution < -0.4 is 0 Å². The lowest BCUT2D eigenvalue weighted by molar-refractivity contribution is 0.112. The Morgan fingerprint density at radius 2 is 1.00 bits per heavy atom. The summed E-state index contributed by atoms with van der Waals surface area (Å²) >= 11 is 4.00. The van der Waals surface area contributed by atoms with Gasteiger partial charge in [0.25, 0.3) is 0 Å². The van der Waals surface area contributed by atoms with Gasteiger partial charge in [-0.05, 0) is 52.4 Å². The second kappa shape index (κ2) is 17.3. The number of unbranched alkanes of at least 4 members (excludes halogenated alkanes) is 16. The zero-order chi connectivity index (χ0) is 33.3. The molecule has 2 nitrogen and oxygen atoms in total. The highest BCUT2D eigenvalue weighted by molar-refractivity contribution is 9.10. The highest BCUT2D eigenvalue weighted by Crippen LogP contribution is 2.49.